The minimum atomic E-state index is 0.176. The lowest BCUT2D eigenvalue weighted by atomic mass is 9.85. The van der Waals surface area contributed by atoms with E-state index in [0.717, 1.165) is 19.6 Å². The van der Waals surface area contributed by atoms with Gasteiger partial charge in [0.05, 0.1) is 13.2 Å². The van der Waals surface area contributed by atoms with Gasteiger partial charge < -0.3 is 15.5 Å². The minimum absolute atomic E-state index is 0.176. The molecule has 114 valence electrons. The molecule has 0 radical (unpaired) electrons. The quantitative estimate of drug-likeness (QED) is 0.557. The van der Waals surface area contributed by atoms with Crippen molar-refractivity contribution < 1.29 is 10.2 Å². The van der Waals surface area contributed by atoms with Gasteiger partial charge in [-0.25, -0.2) is 0 Å². The molecule has 1 aliphatic carbocycles. The highest BCUT2D eigenvalue weighted by atomic mass is 16.3. The van der Waals surface area contributed by atoms with Crippen molar-refractivity contribution in [3.8, 4) is 0 Å². The highest BCUT2D eigenvalue weighted by Gasteiger charge is 2.34. The van der Waals surface area contributed by atoms with E-state index in [1.165, 1.54) is 25.7 Å². The lowest BCUT2D eigenvalue weighted by Crippen LogP contribution is -2.45. The van der Waals surface area contributed by atoms with Crippen LogP contribution >= 0.6 is 0 Å². The van der Waals surface area contributed by atoms with Gasteiger partial charge in [0.15, 0.2) is 0 Å². The summed E-state index contributed by atoms with van der Waals surface area (Å²) < 4.78 is 0. The second kappa shape index (κ2) is 8.90. The first-order valence-electron chi connectivity index (χ1n) is 7.77. The van der Waals surface area contributed by atoms with Crippen LogP contribution in [0.1, 0.15) is 39.5 Å². The van der Waals surface area contributed by atoms with Crippen molar-refractivity contribution in [3.05, 3.63) is 0 Å². The molecule has 4 heteroatoms. The van der Waals surface area contributed by atoms with Crippen molar-refractivity contribution in [2.75, 3.05) is 45.9 Å². The number of aliphatic hydroxyl groups is 2. The Hall–Kier alpha value is -0.160. The molecule has 0 aromatic carbocycles. The lowest BCUT2D eigenvalue weighted by molar-refractivity contribution is 0.104. The van der Waals surface area contributed by atoms with E-state index in [1.807, 2.05) is 0 Å². The number of hydrogen-bond acceptors (Lipinski definition) is 4. The number of hydrogen-bond donors (Lipinski definition) is 3. The molecule has 0 aromatic heterocycles. The minimum Gasteiger partial charge on any atom is -0.395 e. The SMILES string of the molecule is CC(C)CNCC1(CN(CCO)CCO)CCCC1. The van der Waals surface area contributed by atoms with E-state index in [0.29, 0.717) is 24.4 Å². The van der Waals surface area contributed by atoms with E-state index in [9.17, 15) is 0 Å². The van der Waals surface area contributed by atoms with E-state index in [1.54, 1.807) is 0 Å². The Balaban J connectivity index is 2.49. The molecular formula is C15H32N2O2. The van der Waals surface area contributed by atoms with Crippen LogP contribution in [-0.4, -0.2) is 61.1 Å². The Bertz CT molecular complexity index is 222. The summed E-state index contributed by atoms with van der Waals surface area (Å²) in [5, 5.41) is 21.9. The first-order chi connectivity index (χ1) is 9.12. The summed E-state index contributed by atoms with van der Waals surface area (Å²) in [7, 11) is 0. The standard InChI is InChI=1S/C15H32N2O2/c1-14(2)11-16-12-15(5-3-4-6-15)13-17(7-9-18)8-10-19/h14,16,18-19H,3-13H2,1-2H3. The van der Waals surface area contributed by atoms with Crippen LogP contribution in [0.5, 0.6) is 0 Å². The normalized spacial score (nSPS) is 18.6. The van der Waals surface area contributed by atoms with Crippen molar-refractivity contribution >= 4 is 0 Å². The largest absolute Gasteiger partial charge is 0.395 e. The topological polar surface area (TPSA) is 55.7 Å². The van der Waals surface area contributed by atoms with Crippen LogP contribution in [0.2, 0.25) is 0 Å². The maximum Gasteiger partial charge on any atom is 0.0558 e. The van der Waals surface area contributed by atoms with Crippen molar-refractivity contribution in [2.24, 2.45) is 11.3 Å². The van der Waals surface area contributed by atoms with Gasteiger partial charge in [0.1, 0.15) is 0 Å². The second-order valence-electron chi connectivity index (χ2n) is 6.46. The molecule has 0 atom stereocenters. The summed E-state index contributed by atoms with van der Waals surface area (Å²) >= 11 is 0. The summed E-state index contributed by atoms with van der Waals surface area (Å²) in [6.45, 7) is 9.31. The summed E-state index contributed by atoms with van der Waals surface area (Å²) in [4.78, 5) is 2.21. The second-order valence-corrected chi connectivity index (χ2v) is 6.46. The Labute approximate surface area is 118 Å². The molecule has 0 amide bonds. The van der Waals surface area contributed by atoms with Crippen LogP contribution in [0.15, 0.2) is 0 Å². The van der Waals surface area contributed by atoms with E-state index < -0.39 is 0 Å². The summed E-state index contributed by atoms with van der Waals surface area (Å²) in [6.07, 6.45) is 5.17. The highest BCUT2D eigenvalue weighted by molar-refractivity contribution is 4.89. The molecule has 1 aliphatic rings. The van der Waals surface area contributed by atoms with Crippen LogP contribution < -0.4 is 5.32 Å². The highest BCUT2D eigenvalue weighted by Crippen LogP contribution is 2.38. The molecule has 0 spiro atoms. The van der Waals surface area contributed by atoms with Crippen LogP contribution in [0.3, 0.4) is 0 Å². The van der Waals surface area contributed by atoms with Gasteiger partial charge in [0.25, 0.3) is 0 Å². The number of nitrogens with zero attached hydrogens (tertiary/aromatic N) is 1. The van der Waals surface area contributed by atoms with E-state index >= 15 is 0 Å². The van der Waals surface area contributed by atoms with E-state index in [2.05, 4.69) is 24.1 Å². The molecule has 0 aromatic rings. The van der Waals surface area contributed by atoms with Gasteiger partial charge in [-0.3, -0.25) is 4.90 Å². The fourth-order valence-corrected chi connectivity index (χ4v) is 3.17. The summed E-state index contributed by atoms with van der Waals surface area (Å²) in [5.74, 6) is 0.685. The fraction of sp³-hybridized carbons (Fsp3) is 1.00. The molecule has 3 N–H and O–H groups in total. The predicted molar refractivity (Wildman–Crippen MR) is 79.2 cm³/mol. The van der Waals surface area contributed by atoms with E-state index in [-0.39, 0.29) is 13.2 Å². The Morgan fingerprint density at radius 1 is 1.11 bits per heavy atom. The summed E-state index contributed by atoms with van der Waals surface area (Å²) in [5.41, 5.74) is 0.346. The molecule has 0 unspecified atom stereocenters. The third-order valence-electron chi connectivity index (χ3n) is 4.11. The van der Waals surface area contributed by atoms with Crippen LogP contribution in [0.4, 0.5) is 0 Å². The van der Waals surface area contributed by atoms with Gasteiger partial charge in [0, 0.05) is 26.2 Å². The van der Waals surface area contributed by atoms with Crippen molar-refractivity contribution in [1.29, 1.82) is 0 Å². The Kier molecular flexibility index (Phi) is 7.91. The van der Waals surface area contributed by atoms with Crippen LogP contribution in [0, 0.1) is 11.3 Å². The maximum absolute atomic E-state index is 9.13. The first-order valence-corrected chi connectivity index (χ1v) is 7.77. The molecule has 1 rings (SSSR count). The third kappa shape index (κ3) is 6.21. The number of nitrogens with one attached hydrogen (secondary N) is 1. The van der Waals surface area contributed by atoms with Crippen LogP contribution in [0.25, 0.3) is 0 Å². The number of rotatable bonds is 10. The van der Waals surface area contributed by atoms with Gasteiger partial charge >= 0.3 is 0 Å². The smallest absolute Gasteiger partial charge is 0.0558 e. The molecule has 0 bridgehead atoms. The predicted octanol–water partition coefficient (Wildman–Crippen LogP) is 1.08. The zero-order valence-corrected chi connectivity index (χ0v) is 12.7. The number of aliphatic hydroxyl groups excluding tert-OH is 2. The Morgan fingerprint density at radius 2 is 1.68 bits per heavy atom. The zero-order valence-electron chi connectivity index (χ0n) is 12.7. The summed E-state index contributed by atoms with van der Waals surface area (Å²) in [6, 6.07) is 0. The zero-order chi connectivity index (χ0) is 14.1. The van der Waals surface area contributed by atoms with E-state index in [4.69, 9.17) is 10.2 Å². The van der Waals surface area contributed by atoms with Gasteiger partial charge in [-0.1, -0.05) is 26.7 Å². The molecule has 0 saturated heterocycles. The molecular weight excluding hydrogens is 240 g/mol. The lowest BCUT2D eigenvalue weighted by Gasteiger charge is -2.35. The Morgan fingerprint density at radius 3 is 2.16 bits per heavy atom. The van der Waals surface area contributed by atoms with Crippen LogP contribution in [-0.2, 0) is 0 Å². The molecule has 0 aliphatic heterocycles. The molecule has 4 nitrogen and oxygen atoms in total. The van der Waals surface area contributed by atoms with Crippen molar-refractivity contribution in [1.82, 2.24) is 10.2 Å². The average molecular weight is 272 g/mol. The first kappa shape index (κ1) is 16.9. The van der Waals surface area contributed by atoms with Gasteiger partial charge in [-0.2, -0.15) is 0 Å². The molecule has 0 heterocycles. The van der Waals surface area contributed by atoms with Crippen molar-refractivity contribution in [2.45, 2.75) is 39.5 Å². The average Bonchev–Trinajstić information content (AvgIpc) is 2.78. The van der Waals surface area contributed by atoms with Gasteiger partial charge in [-0.15, -0.1) is 0 Å². The van der Waals surface area contributed by atoms with Gasteiger partial charge in [-0.05, 0) is 30.7 Å². The molecule has 19 heavy (non-hydrogen) atoms. The van der Waals surface area contributed by atoms with Crippen molar-refractivity contribution in [3.63, 3.8) is 0 Å². The monoisotopic (exact) mass is 272 g/mol. The van der Waals surface area contributed by atoms with Gasteiger partial charge in [0.2, 0.25) is 0 Å². The molecule has 1 saturated carbocycles. The fourth-order valence-electron chi connectivity index (χ4n) is 3.17. The molecule has 1 fully saturated rings. The third-order valence-corrected chi connectivity index (χ3v) is 4.11. The maximum atomic E-state index is 9.13.